The van der Waals surface area contributed by atoms with Gasteiger partial charge in [-0.15, -0.1) is 12.3 Å². The zero-order valence-corrected chi connectivity index (χ0v) is 19.6. The topological polar surface area (TPSA) is 99.7 Å². The van der Waals surface area contributed by atoms with Crippen molar-refractivity contribution in [3.8, 4) is 18.2 Å². The number of aliphatic imine (C=N–C) groups is 1. The van der Waals surface area contributed by atoms with E-state index in [1.807, 2.05) is 0 Å². The van der Waals surface area contributed by atoms with Gasteiger partial charge in [-0.3, -0.25) is 9.79 Å². The van der Waals surface area contributed by atoms with E-state index in [0.29, 0.717) is 30.2 Å². The van der Waals surface area contributed by atoms with E-state index < -0.39 is 23.0 Å². The Labute approximate surface area is 200 Å². The number of ketones is 1. The van der Waals surface area contributed by atoms with Crippen LogP contribution < -0.4 is 10.5 Å². The summed E-state index contributed by atoms with van der Waals surface area (Å²) in [4.78, 5) is 25.4. The molecule has 0 spiro atoms. The summed E-state index contributed by atoms with van der Waals surface area (Å²) in [6, 6.07) is 2.51. The summed E-state index contributed by atoms with van der Waals surface area (Å²) in [5.74, 6) is 0.170. The van der Waals surface area contributed by atoms with Crippen molar-refractivity contribution >= 4 is 22.7 Å². The van der Waals surface area contributed by atoms with Crippen LogP contribution in [0, 0.1) is 29.9 Å². The monoisotopic (exact) mass is 486 g/mol. The van der Waals surface area contributed by atoms with Gasteiger partial charge in [0, 0.05) is 31.4 Å². The summed E-state index contributed by atoms with van der Waals surface area (Å²) < 4.78 is 40.0. The van der Waals surface area contributed by atoms with Crippen LogP contribution in [0.3, 0.4) is 0 Å². The Hall–Kier alpha value is -3.03. The van der Waals surface area contributed by atoms with Gasteiger partial charge < -0.3 is 15.2 Å². The number of amidine groups is 1. The number of halogens is 2. The molecule has 2 aromatic rings. The number of benzene rings is 1. The van der Waals surface area contributed by atoms with Crippen LogP contribution in [-0.2, 0) is 16.7 Å². The zero-order chi connectivity index (χ0) is 24.5. The molecule has 4 rings (SSSR count). The standard InChI is InChI=1S/C24H24F2N4O3S/c1-4-5-6-33-20-12-28-17(11-29-20)18(31)9-14-7-15(21(26)16(25)8-14)23(2)19-10-24(19,13-32-3)34-22(27)30-23/h1,7-8,11-12,19H,5-6,9-10,13H2,2-3H3,(H2,27,30)/t19-,23+,24+/m0/s1. The van der Waals surface area contributed by atoms with Crippen LogP contribution in [-0.4, -0.2) is 46.0 Å². The number of ether oxygens (including phenoxy) is 2. The third-order valence-electron chi connectivity index (χ3n) is 6.15. The van der Waals surface area contributed by atoms with Gasteiger partial charge in [0.1, 0.15) is 12.3 Å². The Morgan fingerprint density at radius 1 is 1.35 bits per heavy atom. The van der Waals surface area contributed by atoms with E-state index in [2.05, 4.69) is 20.9 Å². The Morgan fingerprint density at radius 3 is 2.82 bits per heavy atom. The molecule has 1 saturated carbocycles. The van der Waals surface area contributed by atoms with Gasteiger partial charge in [-0.2, -0.15) is 0 Å². The highest BCUT2D eigenvalue weighted by Gasteiger charge is 2.66. The number of fused-ring (bicyclic) bond motifs is 1. The van der Waals surface area contributed by atoms with Crippen molar-refractivity contribution in [2.75, 3.05) is 20.3 Å². The lowest BCUT2D eigenvalue weighted by atomic mass is 9.84. The van der Waals surface area contributed by atoms with Crippen molar-refractivity contribution in [1.29, 1.82) is 0 Å². The van der Waals surface area contributed by atoms with Gasteiger partial charge in [-0.05, 0) is 31.0 Å². The molecule has 0 amide bonds. The maximum atomic E-state index is 15.0. The number of nitrogens with zero attached hydrogens (tertiary/aromatic N) is 3. The molecular formula is C24H24F2N4O3S. The molecule has 0 bridgehead atoms. The fraction of sp³-hybridized carbons (Fsp3) is 0.417. The van der Waals surface area contributed by atoms with E-state index in [1.54, 1.807) is 14.0 Å². The number of terminal acetylenes is 1. The van der Waals surface area contributed by atoms with Gasteiger partial charge in [0.15, 0.2) is 22.6 Å². The van der Waals surface area contributed by atoms with Crippen molar-refractivity contribution in [3.63, 3.8) is 0 Å². The average Bonchev–Trinajstić information content (AvgIpc) is 3.51. The molecule has 178 valence electrons. The molecule has 3 atom stereocenters. The highest BCUT2D eigenvalue weighted by atomic mass is 32.2. The minimum atomic E-state index is -1.07. The van der Waals surface area contributed by atoms with Gasteiger partial charge >= 0.3 is 0 Å². The van der Waals surface area contributed by atoms with Crippen LogP contribution >= 0.6 is 11.8 Å². The molecule has 10 heteroatoms. The van der Waals surface area contributed by atoms with Crippen molar-refractivity contribution in [2.45, 2.75) is 36.5 Å². The van der Waals surface area contributed by atoms with E-state index in [4.69, 9.17) is 21.6 Å². The maximum absolute atomic E-state index is 15.0. The predicted molar refractivity (Wildman–Crippen MR) is 125 cm³/mol. The molecule has 1 aromatic heterocycles. The van der Waals surface area contributed by atoms with Gasteiger partial charge in [0.05, 0.1) is 29.3 Å². The Kier molecular flexibility index (Phi) is 6.60. The van der Waals surface area contributed by atoms with Crippen molar-refractivity contribution in [3.05, 3.63) is 53.0 Å². The lowest BCUT2D eigenvalue weighted by Crippen LogP contribution is -2.38. The fourth-order valence-electron chi connectivity index (χ4n) is 4.47. The molecule has 0 radical (unpaired) electrons. The van der Waals surface area contributed by atoms with E-state index in [-0.39, 0.29) is 40.8 Å². The average molecular weight is 487 g/mol. The largest absolute Gasteiger partial charge is 0.476 e. The maximum Gasteiger partial charge on any atom is 0.232 e. The van der Waals surface area contributed by atoms with Gasteiger partial charge in [0.2, 0.25) is 5.88 Å². The predicted octanol–water partition coefficient (Wildman–Crippen LogP) is 3.26. The van der Waals surface area contributed by atoms with E-state index >= 15 is 4.39 Å². The highest BCUT2D eigenvalue weighted by Crippen LogP contribution is 2.66. The third-order valence-corrected chi connectivity index (χ3v) is 7.43. The second-order valence-electron chi connectivity index (χ2n) is 8.54. The van der Waals surface area contributed by atoms with Crippen LogP contribution in [0.5, 0.6) is 5.88 Å². The van der Waals surface area contributed by atoms with Gasteiger partial charge in [-0.25, -0.2) is 18.7 Å². The number of nitrogens with two attached hydrogens (primary N) is 1. The smallest absolute Gasteiger partial charge is 0.232 e. The van der Waals surface area contributed by atoms with E-state index in [9.17, 15) is 9.18 Å². The molecule has 2 aliphatic rings. The van der Waals surface area contributed by atoms with Crippen LogP contribution in [0.15, 0.2) is 29.5 Å². The molecule has 2 heterocycles. The fourth-order valence-corrected chi connectivity index (χ4v) is 5.92. The Balaban J connectivity index is 1.57. The third kappa shape index (κ3) is 4.50. The first kappa shape index (κ1) is 24.1. The number of thioether (sulfide) groups is 1. The zero-order valence-electron chi connectivity index (χ0n) is 18.8. The first-order valence-corrected chi connectivity index (χ1v) is 11.5. The van der Waals surface area contributed by atoms with E-state index in [0.717, 1.165) is 6.07 Å². The SMILES string of the molecule is C#CCCOc1cnc(C(=O)Cc2cc(F)c(F)c([C@@]3(C)N=C(N)S[C@@]4(COC)C[C@H]43)c2)cn1. The number of carbonyl (C=O) groups is 1. The second kappa shape index (κ2) is 9.31. The Bertz CT molecular complexity index is 1180. The first-order valence-electron chi connectivity index (χ1n) is 10.7. The molecule has 34 heavy (non-hydrogen) atoms. The number of carbonyl (C=O) groups excluding carboxylic acids is 1. The number of rotatable bonds is 9. The van der Waals surface area contributed by atoms with Gasteiger partial charge in [0.25, 0.3) is 0 Å². The lowest BCUT2D eigenvalue weighted by molar-refractivity contribution is 0.0987. The molecule has 0 saturated heterocycles. The summed E-state index contributed by atoms with van der Waals surface area (Å²) >= 11 is 1.41. The lowest BCUT2D eigenvalue weighted by Gasteiger charge is -2.34. The molecule has 1 aliphatic carbocycles. The molecular weight excluding hydrogens is 462 g/mol. The molecule has 1 aromatic carbocycles. The summed E-state index contributed by atoms with van der Waals surface area (Å²) in [5, 5.41) is 0.300. The van der Waals surface area contributed by atoms with Crippen LogP contribution in [0.25, 0.3) is 0 Å². The molecule has 1 aliphatic heterocycles. The number of hydrogen-bond acceptors (Lipinski definition) is 8. The molecule has 7 nitrogen and oxygen atoms in total. The normalized spacial score (nSPS) is 25.1. The van der Waals surface area contributed by atoms with Crippen LogP contribution in [0.4, 0.5) is 8.78 Å². The van der Waals surface area contributed by atoms with Crippen molar-refractivity contribution < 1.29 is 23.0 Å². The van der Waals surface area contributed by atoms with Crippen LogP contribution in [0.1, 0.15) is 41.4 Å². The minimum Gasteiger partial charge on any atom is -0.476 e. The number of aromatic nitrogens is 2. The summed E-state index contributed by atoms with van der Waals surface area (Å²) in [7, 11) is 1.59. The molecule has 0 unspecified atom stereocenters. The minimum absolute atomic E-state index is 0.0740. The summed E-state index contributed by atoms with van der Waals surface area (Å²) in [5.41, 5.74) is 5.45. The van der Waals surface area contributed by atoms with Gasteiger partial charge in [-0.1, -0.05) is 11.8 Å². The Morgan fingerprint density at radius 2 is 2.15 bits per heavy atom. The first-order chi connectivity index (χ1) is 16.2. The quantitative estimate of drug-likeness (QED) is 0.330. The second-order valence-corrected chi connectivity index (χ2v) is 9.97. The van der Waals surface area contributed by atoms with E-state index in [1.165, 1.54) is 30.2 Å². The molecule has 2 N–H and O–H groups in total. The van der Waals surface area contributed by atoms with Crippen molar-refractivity contribution in [1.82, 2.24) is 9.97 Å². The number of Topliss-reactive ketones (excluding diaryl/α,β-unsaturated/α-hetero) is 1. The van der Waals surface area contributed by atoms with Crippen LogP contribution in [0.2, 0.25) is 0 Å². The summed E-state index contributed by atoms with van der Waals surface area (Å²) in [6.45, 7) is 2.46. The highest BCUT2D eigenvalue weighted by molar-refractivity contribution is 8.15. The van der Waals surface area contributed by atoms with Crippen molar-refractivity contribution in [2.24, 2.45) is 16.6 Å². The number of hydrogen-bond donors (Lipinski definition) is 1. The number of methoxy groups -OCH3 is 1. The molecule has 1 fully saturated rings. The summed E-state index contributed by atoms with van der Waals surface area (Å²) in [6.07, 6.45) is 8.71.